The van der Waals surface area contributed by atoms with Gasteiger partial charge in [-0.15, -0.1) is 0 Å². The molecule has 5 aromatic carbocycles. The molecule has 0 unspecified atom stereocenters. The van der Waals surface area contributed by atoms with Crippen molar-refractivity contribution >= 4 is 33.8 Å². The lowest BCUT2D eigenvalue weighted by atomic mass is 9.77. The second kappa shape index (κ2) is 13.0. The van der Waals surface area contributed by atoms with Gasteiger partial charge in [0.25, 0.3) is 5.91 Å². The molecule has 2 N–H and O–H groups in total. The number of rotatable bonds is 9. The van der Waals surface area contributed by atoms with Crippen LogP contribution in [0.2, 0.25) is 0 Å². The Kier molecular flexibility index (Phi) is 7.89. The highest BCUT2D eigenvalue weighted by Crippen LogP contribution is 2.44. The van der Waals surface area contributed by atoms with Crippen molar-refractivity contribution in [1.82, 2.24) is 30.0 Å². The fourth-order valence-electron chi connectivity index (χ4n) is 6.77. The van der Waals surface area contributed by atoms with Gasteiger partial charge in [0.15, 0.2) is 5.82 Å². The van der Waals surface area contributed by atoms with Crippen molar-refractivity contribution in [2.45, 2.75) is 11.6 Å². The second-order valence-electron chi connectivity index (χ2n) is 11.9. The number of imidazole rings is 1. The summed E-state index contributed by atoms with van der Waals surface area (Å²) >= 11 is 0. The van der Waals surface area contributed by atoms with Crippen LogP contribution in [0.25, 0.3) is 33.2 Å². The van der Waals surface area contributed by atoms with Crippen molar-refractivity contribution in [3.8, 4) is 11.3 Å². The van der Waals surface area contributed by atoms with E-state index in [9.17, 15) is 9.59 Å². The number of nitrogens with one attached hydrogen (secondary N) is 2. The number of H-pyrrole nitrogens is 1. The van der Waals surface area contributed by atoms with Crippen LogP contribution in [0.5, 0.6) is 0 Å². The summed E-state index contributed by atoms with van der Waals surface area (Å²) in [5.41, 5.74) is 6.71. The first kappa shape index (κ1) is 30.4. The Morgan fingerprint density at radius 2 is 1.32 bits per heavy atom. The minimum atomic E-state index is -0.884. The van der Waals surface area contributed by atoms with Crippen molar-refractivity contribution in [3.63, 3.8) is 0 Å². The van der Waals surface area contributed by atoms with Gasteiger partial charge < -0.3 is 10.3 Å². The third-order valence-electron chi connectivity index (χ3n) is 9.02. The second-order valence-corrected chi connectivity index (χ2v) is 11.9. The highest BCUT2D eigenvalue weighted by Gasteiger charge is 2.41. The molecule has 0 bridgehead atoms. The monoisotopic (exact) mass is 650 g/mol. The minimum Gasteiger partial charge on any atom is -0.338 e. The molecule has 0 saturated heterocycles. The zero-order valence-electron chi connectivity index (χ0n) is 26.8. The number of hydrogen-bond donors (Lipinski definition) is 2. The highest BCUT2D eigenvalue weighted by molar-refractivity contribution is 6.03. The van der Waals surface area contributed by atoms with Gasteiger partial charge >= 0.3 is 0 Å². The number of amides is 1. The van der Waals surface area contributed by atoms with E-state index in [2.05, 4.69) is 56.4 Å². The van der Waals surface area contributed by atoms with Gasteiger partial charge in [-0.25, -0.2) is 14.5 Å². The molecular weight excluding hydrogens is 621 g/mol. The van der Waals surface area contributed by atoms with Crippen LogP contribution >= 0.6 is 0 Å². The van der Waals surface area contributed by atoms with E-state index in [0.717, 1.165) is 44.4 Å². The third kappa shape index (κ3) is 5.26. The van der Waals surface area contributed by atoms with Gasteiger partial charge in [-0.05, 0) is 46.5 Å². The van der Waals surface area contributed by atoms with E-state index in [-0.39, 0.29) is 5.82 Å². The molecule has 8 aromatic rings. The van der Waals surface area contributed by atoms with Gasteiger partial charge in [0.2, 0.25) is 0 Å². The average Bonchev–Trinajstić information content (AvgIpc) is 3.78. The zero-order valence-corrected chi connectivity index (χ0v) is 26.8. The number of nitrogens with zero attached hydrogens (tertiary/aromatic N) is 4. The largest absolute Gasteiger partial charge is 0.338 e. The van der Waals surface area contributed by atoms with Crippen molar-refractivity contribution < 1.29 is 9.59 Å². The molecule has 0 aliphatic rings. The van der Waals surface area contributed by atoms with Crippen molar-refractivity contribution in [3.05, 3.63) is 192 Å². The van der Waals surface area contributed by atoms with Crippen LogP contribution in [0.3, 0.4) is 0 Å². The molecule has 8 rings (SSSR count). The minimum absolute atomic E-state index is 0.123. The van der Waals surface area contributed by atoms with Gasteiger partial charge in [-0.3, -0.25) is 9.78 Å². The molecule has 0 radical (unpaired) electrons. The Labute approximate surface area is 287 Å². The molecule has 0 aliphatic heterocycles. The van der Waals surface area contributed by atoms with Crippen LogP contribution < -0.4 is 5.32 Å². The highest BCUT2D eigenvalue weighted by atomic mass is 16.2. The van der Waals surface area contributed by atoms with Gasteiger partial charge in [0.1, 0.15) is 17.2 Å². The lowest BCUT2D eigenvalue weighted by Gasteiger charge is -2.37. The molecule has 8 heteroatoms. The van der Waals surface area contributed by atoms with Crippen LogP contribution in [-0.2, 0) is 10.3 Å². The molecule has 0 aliphatic carbocycles. The summed E-state index contributed by atoms with van der Waals surface area (Å²) in [6, 6.07) is 47.6. The number of carbonyl (C=O) groups is 1. The maximum atomic E-state index is 13.6. The summed E-state index contributed by atoms with van der Waals surface area (Å²) in [7, 11) is 0. The number of pyridine rings is 1. The first-order valence-electron chi connectivity index (χ1n) is 16.2. The van der Waals surface area contributed by atoms with Crippen LogP contribution in [-0.4, -0.2) is 36.6 Å². The maximum Gasteiger partial charge on any atom is 0.287 e. The third-order valence-corrected chi connectivity index (χ3v) is 9.02. The summed E-state index contributed by atoms with van der Waals surface area (Å²) in [5.74, 6) is 1.49. The molecule has 0 spiro atoms. The van der Waals surface area contributed by atoms with Gasteiger partial charge in [-0.1, -0.05) is 121 Å². The molecule has 8 nitrogen and oxygen atoms in total. The number of aromatic amines is 1. The Balaban J connectivity index is 1.38. The van der Waals surface area contributed by atoms with Crippen LogP contribution in [0.4, 0.5) is 0 Å². The number of carbonyl (C=O) groups excluding carboxylic acids is 2. The van der Waals surface area contributed by atoms with E-state index >= 15 is 0 Å². The van der Waals surface area contributed by atoms with Crippen molar-refractivity contribution in [1.29, 1.82) is 0 Å². The standard InChI is InChI=1S/C42H30N6O2/c49-26-23-35(29-13-5-1-6-14-29)46-41(50)40-44-36-27-34-38(28-37(36)45-40)48(47-39(34)30-21-24-43-25-22-30)42(31-15-7-2-8-16-31,32-17-9-3-10-18-32)33-19-11-4-12-20-33/h1-25,27-28,35H,(H,44,45)(H,46,50)/t35-/m0/s1. The first-order valence-corrected chi connectivity index (χ1v) is 16.2. The van der Waals surface area contributed by atoms with Crippen molar-refractivity contribution in [2.24, 2.45) is 0 Å². The molecule has 1 amide bonds. The van der Waals surface area contributed by atoms with E-state index in [0.29, 0.717) is 11.0 Å². The van der Waals surface area contributed by atoms with E-state index in [1.807, 2.05) is 115 Å². The number of fused-ring (bicyclic) bond motifs is 2. The summed E-state index contributed by atoms with van der Waals surface area (Å²) in [5, 5.41) is 9.21. The van der Waals surface area contributed by atoms with Crippen LogP contribution in [0.1, 0.15) is 38.9 Å². The van der Waals surface area contributed by atoms with E-state index < -0.39 is 17.5 Å². The molecular formula is C42H30N6O2. The van der Waals surface area contributed by atoms with E-state index in [1.54, 1.807) is 12.4 Å². The fraction of sp³-hybridized carbons (Fsp3) is 0.0476. The Hall–Kier alpha value is -6.89. The molecule has 0 fully saturated rings. The van der Waals surface area contributed by atoms with Crippen LogP contribution in [0.15, 0.2) is 164 Å². The molecule has 1 atom stereocenters. The summed E-state index contributed by atoms with van der Waals surface area (Å²) in [6.07, 6.45) is 4.80. The normalized spacial score (nSPS) is 12.0. The van der Waals surface area contributed by atoms with Gasteiger partial charge in [-0.2, -0.15) is 5.10 Å². The molecule has 3 aromatic heterocycles. The average molecular weight is 651 g/mol. The molecule has 240 valence electrons. The lowest BCUT2D eigenvalue weighted by Crippen LogP contribution is -2.38. The molecule has 0 saturated carbocycles. The SMILES string of the molecule is O=C=C[C@H](NC(=O)c1nc2cc3c(-c4ccncc4)nn(C(c4ccccc4)(c4ccccc4)c4ccccc4)c3cc2[nH]1)c1ccccc1. The fourth-order valence-corrected chi connectivity index (χ4v) is 6.77. The Morgan fingerprint density at radius 1 is 0.760 bits per heavy atom. The quantitative estimate of drug-likeness (QED) is 0.123. The number of hydrogen-bond acceptors (Lipinski definition) is 5. The van der Waals surface area contributed by atoms with Gasteiger partial charge in [0.05, 0.1) is 22.6 Å². The van der Waals surface area contributed by atoms with Crippen LogP contribution in [0, 0.1) is 0 Å². The van der Waals surface area contributed by atoms with Gasteiger partial charge in [0, 0.05) is 29.4 Å². The number of aromatic nitrogens is 5. The summed E-state index contributed by atoms with van der Waals surface area (Å²) in [6.45, 7) is 0. The smallest absolute Gasteiger partial charge is 0.287 e. The molecule has 3 heterocycles. The summed E-state index contributed by atoms with van der Waals surface area (Å²) in [4.78, 5) is 37.2. The summed E-state index contributed by atoms with van der Waals surface area (Å²) < 4.78 is 2.10. The van der Waals surface area contributed by atoms with E-state index in [4.69, 9.17) is 10.1 Å². The predicted molar refractivity (Wildman–Crippen MR) is 194 cm³/mol. The number of benzene rings is 5. The van der Waals surface area contributed by atoms with E-state index in [1.165, 1.54) is 6.08 Å². The predicted octanol–water partition coefficient (Wildman–Crippen LogP) is 7.67. The lowest BCUT2D eigenvalue weighted by molar-refractivity contribution is 0.0935. The first-order chi connectivity index (χ1) is 24.7. The zero-order chi connectivity index (χ0) is 33.9. The maximum absolute atomic E-state index is 13.6. The Bertz CT molecular complexity index is 2380. The molecule has 50 heavy (non-hydrogen) atoms. The topological polar surface area (TPSA) is 106 Å². The Morgan fingerprint density at radius 3 is 1.88 bits per heavy atom. The van der Waals surface area contributed by atoms with Crippen molar-refractivity contribution in [2.75, 3.05) is 0 Å².